The van der Waals surface area contributed by atoms with Crippen molar-refractivity contribution in [1.29, 1.82) is 0 Å². The number of carbonyl (C=O) groups is 1. The van der Waals surface area contributed by atoms with Crippen molar-refractivity contribution in [3.8, 4) is 17.2 Å². The molecular formula is C26H27N3O3. The standard InChI is InChI=1S/C26H27N3O3/c30-26(25-20-9-4-10-22(20)29(27-25)19-7-2-1-3-8-19)28-14-5-11-21(28)18-12-13-23-24(17-18)32-16-6-15-31-23/h1-3,7-8,12-13,17,21H,4-6,9-11,14-16H2/t21-/m1/s1. The molecule has 2 aliphatic heterocycles. The number of ether oxygens (including phenoxy) is 2. The van der Waals surface area contributed by atoms with E-state index in [1.807, 2.05) is 33.8 Å². The van der Waals surface area contributed by atoms with Gasteiger partial charge in [-0.1, -0.05) is 24.3 Å². The molecule has 6 rings (SSSR count). The maximum absolute atomic E-state index is 13.8. The maximum Gasteiger partial charge on any atom is 0.275 e. The molecule has 0 radical (unpaired) electrons. The second kappa shape index (κ2) is 8.01. The number of fused-ring (bicyclic) bond motifs is 2. The number of para-hydroxylation sites is 1. The minimum absolute atomic E-state index is 0.0404. The number of aromatic nitrogens is 2. The van der Waals surface area contributed by atoms with E-state index in [1.54, 1.807) is 0 Å². The summed E-state index contributed by atoms with van der Waals surface area (Å²) < 4.78 is 13.7. The molecule has 2 aromatic carbocycles. The Morgan fingerprint density at radius 3 is 2.66 bits per heavy atom. The molecule has 3 heterocycles. The zero-order chi connectivity index (χ0) is 21.5. The summed E-state index contributed by atoms with van der Waals surface area (Å²) >= 11 is 0. The summed E-state index contributed by atoms with van der Waals surface area (Å²) in [6.45, 7) is 2.09. The number of hydrogen-bond acceptors (Lipinski definition) is 4. The number of nitrogens with zero attached hydrogens (tertiary/aromatic N) is 3. The predicted molar refractivity (Wildman–Crippen MR) is 121 cm³/mol. The van der Waals surface area contributed by atoms with E-state index in [-0.39, 0.29) is 11.9 Å². The number of amides is 1. The van der Waals surface area contributed by atoms with Crippen LogP contribution < -0.4 is 9.47 Å². The normalized spacial score (nSPS) is 19.6. The lowest BCUT2D eigenvalue weighted by atomic mass is 10.0. The van der Waals surface area contributed by atoms with E-state index in [1.165, 1.54) is 5.69 Å². The van der Waals surface area contributed by atoms with Crippen LogP contribution in [0.2, 0.25) is 0 Å². The Balaban J connectivity index is 1.33. The minimum atomic E-state index is 0.0404. The summed E-state index contributed by atoms with van der Waals surface area (Å²) in [5.41, 5.74) is 5.07. The van der Waals surface area contributed by atoms with Crippen LogP contribution >= 0.6 is 0 Å². The van der Waals surface area contributed by atoms with Crippen LogP contribution in [0, 0.1) is 0 Å². The summed E-state index contributed by atoms with van der Waals surface area (Å²) in [6, 6.07) is 16.3. The molecule has 3 aromatic rings. The van der Waals surface area contributed by atoms with E-state index in [4.69, 9.17) is 14.6 Å². The summed E-state index contributed by atoms with van der Waals surface area (Å²) in [5, 5.41) is 4.84. The van der Waals surface area contributed by atoms with Crippen molar-refractivity contribution >= 4 is 5.91 Å². The van der Waals surface area contributed by atoms with Gasteiger partial charge in [0.25, 0.3) is 5.91 Å². The molecule has 0 bridgehead atoms. The van der Waals surface area contributed by atoms with Gasteiger partial charge in [-0.25, -0.2) is 4.68 Å². The maximum atomic E-state index is 13.8. The zero-order valence-electron chi connectivity index (χ0n) is 18.1. The predicted octanol–water partition coefficient (Wildman–Crippen LogP) is 4.50. The first-order valence-electron chi connectivity index (χ1n) is 11.7. The van der Waals surface area contributed by atoms with Gasteiger partial charge < -0.3 is 14.4 Å². The fourth-order valence-electron chi connectivity index (χ4n) is 5.27. The first-order chi connectivity index (χ1) is 15.8. The van der Waals surface area contributed by atoms with Gasteiger partial charge in [0.1, 0.15) is 0 Å². The lowest BCUT2D eigenvalue weighted by Crippen LogP contribution is -2.31. The molecule has 0 N–H and O–H groups in total. The van der Waals surface area contributed by atoms with E-state index >= 15 is 0 Å². The van der Waals surface area contributed by atoms with Crippen molar-refractivity contribution in [2.75, 3.05) is 19.8 Å². The smallest absolute Gasteiger partial charge is 0.275 e. The number of benzene rings is 2. The highest BCUT2D eigenvalue weighted by atomic mass is 16.5. The molecule has 1 aliphatic carbocycles. The van der Waals surface area contributed by atoms with Crippen molar-refractivity contribution < 1.29 is 14.3 Å². The van der Waals surface area contributed by atoms with Crippen LogP contribution in [-0.4, -0.2) is 40.3 Å². The molecule has 0 spiro atoms. The SMILES string of the molecule is O=C(c1nn(-c2ccccc2)c2c1CCC2)N1CCC[C@@H]1c1ccc2c(c1)OCCCO2. The third-order valence-electron chi connectivity index (χ3n) is 6.80. The molecule has 1 fully saturated rings. The molecule has 1 atom stereocenters. The number of likely N-dealkylation sites (tertiary alicyclic amines) is 1. The highest BCUT2D eigenvalue weighted by Crippen LogP contribution is 2.39. The molecule has 1 amide bonds. The van der Waals surface area contributed by atoms with Crippen molar-refractivity contribution in [3.63, 3.8) is 0 Å². The van der Waals surface area contributed by atoms with Gasteiger partial charge in [-0.05, 0) is 61.9 Å². The van der Waals surface area contributed by atoms with E-state index in [0.717, 1.165) is 73.4 Å². The van der Waals surface area contributed by atoms with Gasteiger partial charge in [-0.2, -0.15) is 5.10 Å². The number of hydrogen-bond donors (Lipinski definition) is 0. The fourth-order valence-corrected chi connectivity index (χ4v) is 5.27. The molecule has 6 nitrogen and oxygen atoms in total. The largest absolute Gasteiger partial charge is 0.490 e. The Bertz CT molecular complexity index is 1150. The lowest BCUT2D eigenvalue weighted by Gasteiger charge is -2.25. The van der Waals surface area contributed by atoms with Crippen molar-refractivity contribution in [1.82, 2.24) is 14.7 Å². The molecule has 3 aliphatic rings. The molecule has 6 heteroatoms. The van der Waals surface area contributed by atoms with Crippen LogP contribution in [-0.2, 0) is 12.8 Å². The van der Waals surface area contributed by atoms with Gasteiger partial charge in [0.15, 0.2) is 17.2 Å². The van der Waals surface area contributed by atoms with Crippen LogP contribution in [0.5, 0.6) is 11.5 Å². The summed E-state index contributed by atoms with van der Waals surface area (Å²) in [5.74, 6) is 1.63. The van der Waals surface area contributed by atoms with Crippen LogP contribution in [0.3, 0.4) is 0 Å². The minimum Gasteiger partial charge on any atom is -0.490 e. The van der Waals surface area contributed by atoms with Gasteiger partial charge in [0.2, 0.25) is 0 Å². The molecular weight excluding hydrogens is 402 g/mol. The van der Waals surface area contributed by atoms with E-state index in [2.05, 4.69) is 24.3 Å². The molecule has 0 saturated carbocycles. The molecule has 1 aromatic heterocycles. The van der Waals surface area contributed by atoms with Crippen LogP contribution in [0.25, 0.3) is 5.69 Å². The molecule has 0 unspecified atom stereocenters. The monoisotopic (exact) mass is 429 g/mol. The Labute approximate surface area is 187 Å². The number of rotatable bonds is 3. The fraction of sp³-hybridized carbons (Fsp3) is 0.385. The number of carbonyl (C=O) groups excluding carboxylic acids is 1. The van der Waals surface area contributed by atoms with E-state index < -0.39 is 0 Å². The second-order valence-corrected chi connectivity index (χ2v) is 8.79. The van der Waals surface area contributed by atoms with Crippen molar-refractivity contribution in [2.24, 2.45) is 0 Å². The lowest BCUT2D eigenvalue weighted by molar-refractivity contribution is 0.0728. The first kappa shape index (κ1) is 19.4. The van der Waals surface area contributed by atoms with Gasteiger partial charge in [0, 0.05) is 24.2 Å². The van der Waals surface area contributed by atoms with Crippen molar-refractivity contribution in [3.05, 3.63) is 71.0 Å². The van der Waals surface area contributed by atoms with Crippen molar-refractivity contribution in [2.45, 2.75) is 44.6 Å². The molecule has 32 heavy (non-hydrogen) atoms. The van der Waals surface area contributed by atoms with Crippen LogP contribution in [0.15, 0.2) is 48.5 Å². The summed E-state index contributed by atoms with van der Waals surface area (Å²) in [6.07, 6.45) is 5.79. The third-order valence-corrected chi connectivity index (χ3v) is 6.80. The highest BCUT2D eigenvalue weighted by Gasteiger charge is 2.36. The summed E-state index contributed by atoms with van der Waals surface area (Å²) in [7, 11) is 0. The van der Waals surface area contributed by atoms with Crippen LogP contribution in [0.4, 0.5) is 0 Å². The zero-order valence-corrected chi connectivity index (χ0v) is 18.1. The van der Waals surface area contributed by atoms with Gasteiger partial charge in [-0.15, -0.1) is 0 Å². The summed E-state index contributed by atoms with van der Waals surface area (Å²) in [4.78, 5) is 15.8. The Morgan fingerprint density at radius 1 is 0.938 bits per heavy atom. The van der Waals surface area contributed by atoms with Crippen LogP contribution in [0.1, 0.15) is 59.0 Å². The average molecular weight is 430 g/mol. The highest BCUT2D eigenvalue weighted by molar-refractivity contribution is 5.95. The Morgan fingerprint density at radius 2 is 1.78 bits per heavy atom. The molecule has 1 saturated heterocycles. The second-order valence-electron chi connectivity index (χ2n) is 8.79. The quantitative estimate of drug-likeness (QED) is 0.615. The Hall–Kier alpha value is -3.28. The van der Waals surface area contributed by atoms with E-state index in [9.17, 15) is 4.79 Å². The molecule has 164 valence electrons. The topological polar surface area (TPSA) is 56.6 Å². The van der Waals surface area contributed by atoms with Gasteiger partial charge >= 0.3 is 0 Å². The van der Waals surface area contributed by atoms with E-state index in [0.29, 0.717) is 18.9 Å². The first-order valence-corrected chi connectivity index (χ1v) is 11.7. The van der Waals surface area contributed by atoms with Gasteiger partial charge in [-0.3, -0.25) is 4.79 Å². The van der Waals surface area contributed by atoms with Gasteiger partial charge in [0.05, 0.1) is 24.9 Å². The Kier molecular flexibility index (Phi) is 4.86. The third kappa shape index (κ3) is 3.25. The average Bonchev–Trinajstić information content (AvgIpc) is 3.53.